The molecule has 2 N–H and O–H groups in total. The van der Waals surface area contributed by atoms with Crippen LogP contribution in [0.5, 0.6) is 5.75 Å². The number of nitrogens with zero attached hydrogens (tertiary/aromatic N) is 3. The molecular formula is C24H27N5O3. The van der Waals surface area contributed by atoms with E-state index in [1.165, 1.54) is 6.92 Å². The first-order valence-electron chi connectivity index (χ1n) is 10.7. The van der Waals surface area contributed by atoms with Crippen LogP contribution in [0.1, 0.15) is 23.7 Å². The zero-order valence-corrected chi connectivity index (χ0v) is 18.3. The van der Waals surface area contributed by atoms with Crippen LogP contribution < -0.4 is 15.0 Å². The first-order chi connectivity index (χ1) is 15.5. The van der Waals surface area contributed by atoms with Gasteiger partial charge in [-0.1, -0.05) is 0 Å². The number of aromatic amines is 1. The lowest BCUT2D eigenvalue weighted by atomic mass is 10.1. The molecule has 2 amide bonds. The number of amides is 2. The first-order valence-corrected chi connectivity index (χ1v) is 10.7. The van der Waals surface area contributed by atoms with Crippen LogP contribution in [-0.2, 0) is 4.79 Å². The molecule has 2 aromatic carbocycles. The van der Waals surface area contributed by atoms with Crippen LogP contribution in [0.3, 0.4) is 0 Å². The Bertz CT molecular complexity index is 1080. The van der Waals surface area contributed by atoms with Gasteiger partial charge in [-0.25, -0.2) is 0 Å². The number of ether oxygens (including phenoxy) is 1. The van der Waals surface area contributed by atoms with Crippen LogP contribution in [0, 0.1) is 0 Å². The molecule has 0 spiro atoms. The third-order valence-electron chi connectivity index (χ3n) is 5.52. The number of benzene rings is 2. The van der Waals surface area contributed by atoms with Gasteiger partial charge >= 0.3 is 0 Å². The van der Waals surface area contributed by atoms with E-state index < -0.39 is 0 Å². The Hall–Kier alpha value is -3.81. The molecule has 0 radical (unpaired) electrons. The molecule has 4 rings (SSSR count). The molecule has 0 saturated carbocycles. The normalized spacial score (nSPS) is 14.1. The van der Waals surface area contributed by atoms with Gasteiger partial charge in [0.1, 0.15) is 5.75 Å². The highest BCUT2D eigenvalue weighted by molar-refractivity contribution is 5.95. The predicted octanol–water partition coefficient (Wildman–Crippen LogP) is 3.40. The van der Waals surface area contributed by atoms with E-state index in [1.54, 1.807) is 31.4 Å². The average molecular weight is 434 g/mol. The molecule has 0 bridgehead atoms. The number of H-pyrrole nitrogens is 1. The minimum absolute atomic E-state index is 0.00201. The second-order valence-electron chi connectivity index (χ2n) is 7.76. The number of aromatic nitrogens is 2. The fourth-order valence-corrected chi connectivity index (χ4v) is 3.82. The van der Waals surface area contributed by atoms with Crippen molar-refractivity contribution in [1.82, 2.24) is 15.1 Å². The summed E-state index contributed by atoms with van der Waals surface area (Å²) in [6.07, 6.45) is 0.862. The van der Waals surface area contributed by atoms with Crippen molar-refractivity contribution < 1.29 is 14.3 Å². The molecule has 32 heavy (non-hydrogen) atoms. The highest BCUT2D eigenvalue weighted by Gasteiger charge is 2.22. The van der Waals surface area contributed by atoms with Crippen molar-refractivity contribution in [1.29, 1.82) is 0 Å². The fraction of sp³-hybridized carbons (Fsp3) is 0.292. The predicted molar refractivity (Wildman–Crippen MR) is 124 cm³/mol. The Morgan fingerprint density at radius 2 is 1.75 bits per heavy atom. The second-order valence-corrected chi connectivity index (χ2v) is 7.76. The molecule has 3 aromatic rings. The van der Waals surface area contributed by atoms with Crippen molar-refractivity contribution in [3.05, 3.63) is 60.2 Å². The number of carbonyl (C=O) groups excluding carboxylic acids is 2. The molecule has 0 unspecified atom stereocenters. The summed E-state index contributed by atoms with van der Waals surface area (Å²) < 4.78 is 5.22. The van der Waals surface area contributed by atoms with Gasteiger partial charge in [-0.3, -0.25) is 14.7 Å². The Morgan fingerprint density at radius 1 is 1.00 bits per heavy atom. The molecule has 166 valence electrons. The minimum Gasteiger partial charge on any atom is -0.497 e. The number of nitrogens with one attached hydrogen (secondary N) is 2. The van der Waals surface area contributed by atoms with Crippen LogP contribution in [-0.4, -0.2) is 60.2 Å². The van der Waals surface area contributed by atoms with Crippen molar-refractivity contribution in [2.24, 2.45) is 0 Å². The van der Waals surface area contributed by atoms with E-state index in [1.807, 2.05) is 35.2 Å². The van der Waals surface area contributed by atoms with Crippen molar-refractivity contribution in [2.75, 3.05) is 43.5 Å². The first kappa shape index (κ1) is 21.4. The Labute approximate surface area is 187 Å². The summed E-state index contributed by atoms with van der Waals surface area (Å²) >= 11 is 0. The number of hydrogen-bond donors (Lipinski definition) is 2. The lowest BCUT2D eigenvalue weighted by Crippen LogP contribution is -2.35. The average Bonchev–Trinajstić information content (AvgIpc) is 3.17. The number of anilines is 2. The number of hydrogen-bond acceptors (Lipinski definition) is 5. The summed E-state index contributed by atoms with van der Waals surface area (Å²) in [6, 6.07) is 16.9. The molecular weight excluding hydrogens is 406 g/mol. The summed E-state index contributed by atoms with van der Waals surface area (Å²) in [7, 11) is 1.65. The standard InChI is InChI=1S/C24H27N5O3/c1-17(30)25-20-8-4-19(5-9-20)24(31)29-13-3-12-28(14-15-29)23-16-22(26-27-23)18-6-10-21(32-2)11-7-18/h4-11,16H,3,12-15H2,1-2H3,(H,25,30)(H,26,27). The molecule has 8 heteroatoms. The SMILES string of the molecule is COc1ccc(-c2cc(N3CCCN(C(=O)c4ccc(NC(C)=O)cc4)CC3)n[nH]2)cc1. The smallest absolute Gasteiger partial charge is 0.253 e. The molecule has 1 aliphatic rings. The molecule has 1 fully saturated rings. The van der Waals surface area contributed by atoms with Gasteiger partial charge < -0.3 is 19.9 Å². The van der Waals surface area contributed by atoms with E-state index in [0.29, 0.717) is 30.9 Å². The van der Waals surface area contributed by atoms with E-state index in [-0.39, 0.29) is 11.8 Å². The second kappa shape index (κ2) is 9.55. The quantitative estimate of drug-likeness (QED) is 0.644. The highest BCUT2D eigenvalue weighted by Crippen LogP contribution is 2.25. The van der Waals surface area contributed by atoms with Crippen LogP contribution in [0.15, 0.2) is 54.6 Å². The maximum atomic E-state index is 13.0. The monoisotopic (exact) mass is 433 g/mol. The largest absolute Gasteiger partial charge is 0.497 e. The van der Waals surface area contributed by atoms with E-state index in [9.17, 15) is 9.59 Å². The van der Waals surface area contributed by atoms with Gasteiger partial charge in [0, 0.05) is 50.4 Å². The molecule has 0 aliphatic carbocycles. The molecule has 1 aliphatic heterocycles. The van der Waals surface area contributed by atoms with Crippen molar-refractivity contribution in [3.8, 4) is 17.0 Å². The van der Waals surface area contributed by atoms with Crippen molar-refractivity contribution in [2.45, 2.75) is 13.3 Å². The van der Waals surface area contributed by atoms with Gasteiger partial charge in [0.2, 0.25) is 5.91 Å². The number of carbonyl (C=O) groups is 2. The Kier molecular flexibility index (Phi) is 6.39. The summed E-state index contributed by atoms with van der Waals surface area (Å²) in [4.78, 5) is 28.2. The summed E-state index contributed by atoms with van der Waals surface area (Å²) in [5.41, 5.74) is 3.29. The molecule has 1 aromatic heterocycles. The van der Waals surface area contributed by atoms with Crippen LogP contribution in [0.25, 0.3) is 11.3 Å². The van der Waals surface area contributed by atoms with Gasteiger partial charge in [0.05, 0.1) is 12.8 Å². The van der Waals surface area contributed by atoms with E-state index in [0.717, 1.165) is 35.8 Å². The molecule has 2 heterocycles. The number of methoxy groups -OCH3 is 1. The number of rotatable bonds is 5. The van der Waals surface area contributed by atoms with Gasteiger partial charge in [0.15, 0.2) is 5.82 Å². The van der Waals surface area contributed by atoms with Crippen LogP contribution in [0.2, 0.25) is 0 Å². The summed E-state index contributed by atoms with van der Waals surface area (Å²) in [6.45, 7) is 4.32. The zero-order valence-electron chi connectivity index (χ0n) is 18.3. The van der Waals surface area contributed by atoms with Crippen molar-refractivity contribution in [3.63, 3.8) is 0 Å². The maximum absolute atomic E-state index is 13.0. The molecule has 1 saturated heterocycles. The van der Waals surface area contributed by atoms with Gasteiger partial charge in [-0.2, -0.15) is 5.10 Å². The lowest BCUT2D eigenvalue weighted by Gasteiger charge is -2.22. The minimum atomic E-state index is -0.134. The third-order valence-corrected chi connectivity index (χ3v) is 5.52. The molecule has 0 atom stereocenters. The lowest BCUT2D eigenvalue weighted by molar-refractivity contribution is -0.114. The van der Waals surface area contributed by atoms with Gasteiger partial charge in [0.25, 0.3) is 5.91 Å². The third kappa shape index (κ3) is 4.91. The van der Waals surface area contributed by atoms with E-state index in [2.05, 4.69) is 20.4 Å². The van der Waals surface area contributed by atoms with E-state index in [4.69, 9.17) is 4.74 Å². The summed E-state index contributed by atoms with van der Waals surface area (Å²) in [5, 5.41) is 10.3. The molecule has 8 nitrogen and oxygen atoms in total. The maximum Gasteiger partial charge on any atom is 0.253 e. The Balaban J connectivity index is 1.39. The van der Waals surface area contributed by atoms with Crippen LogP contribution >= 0.6 is 0 Å². The van der Waals surface area contributed by atoms with Crippen molar-refractivity contribution >= 4 is 23.3 Å². The zero-order chi connectivity index (χ0) is 22.5. The van der Waals surface area contributed by atoms with Crippen LogP contribution in [0.4, 0.5) is 11.5 Å². The topological polar surface area (TPSA) is 90.6 Å². The fourth-order valence-electron chi connectivity index (χ4n) is 3.82. The summed E-state index contributed by atoms with van der Waals surface area (Å²) in [5.74, 6) is 1.56. The van der Waals surface area contributed by atoms with E-state index >= 15 is 0 Å². The van der Waals surface area contributed by atoms with Gasteiger partial charge in [-0.15, -0.1) is 0 Å². The highest BCUT2D eigenvalue weighted by atomic mass is 16.5. The Morgan fingerprint density at radius 3 is 2.44 bits per heavy atom. The van der Waals surface area contributed by atoms with Gasteiger partial charge in [-0.05, 0) is 60.5 Å².